The van der Waals surface area contributed by atoms with Gasteiger partial charge in [0.15, 0.2) is 0 Å². The molecular weight excluding hydrogens is 228 g/mol. The first-order valence-corrected chi connectivity index (χ1v) is 5.94. The van der Waals surface area contributed by atoms with Crippen LogP contribution in [-0.4, -0.2) is 33.3 Å². The lowest BCUT2D eigenvalue weighted by Gasteiger charge is -2.08. The summed E-state index contributed by atoms with van der Waals surface area (Å²) in [5, 5.41) is 10.6. The largest absolute Gasteiger partial charge is 0.373 e. The summed E-state index contributed by atoms with van der Waals surface area (Å²) >= 11 is 0. The van der Waals surface area contributed by atoms with Crippen LogP contribution in [0.4, 0.5) is 11.6 Å². The number of nitrogens with one attached hydrogen (secondary N) is 2. The van der Waals surface area contributed by atoms with Crippen LogP contribution in [0.1, 0.15) is 11.4 Å². The van der Waals surface area contributed by atoms with E-state index in [-0.39, 0.29) is 0 Å². The van der Waals surface area contributed by atoms with Crippen LogP contribution in [-0.2, 0) is 6.54 Å². The lowest BCUT2D eigenvalue weighted by atomic mass is 10.4. The molecule has 2 heterocycles. The fourth-order valence-electron chi connectivity index (χ4n) is 1.78. The van der Waals surface area contributed by atoms with Crippen LogP contribution >= 0.6 is 0 Å². The number of anilines is 2. The van der Waals surface area contributed by atoms with Gasteiger partial charge >= 0.3 is 0 Å². The highest BCUT2D eigenvalue weighted by Crippen LogP contribution is 2.07. The maximum atomic E-state index is 4.41. The topological polar surface area (TPSA) is 67.7 Å². The minimum absolute atomic E-state index is 0.780. The Morgan fingerprint density at radius 3 is 2.61 bits per heavy atom. The quantitative estimate of drug-likeness (QED) is 0.835. The lowest BCUT2D eigenvalue weighted by molar-refractivity contribution is 0.614. The van der Waals surface area contributed by atoms with Gasteiger partial charge in [-0.3, -0.25) is 4.68 Å². The van der Waals surface area contributed by atoms with Gasteiger partial charge in [0.1, 0.15) is 18.0 Å². The molecule has 2 rings (SSSR count). The second-order valence-electron chi connectivity index (χ2n) is 4.12. The van der Waals surface area contributed by atoms with Crippen LogP contribution in [0.3, 0.4) is 0 Å². The zero-order valence-corrected chi connectivity index (χ0v) is 10.9. The van der Waals surface area contributed by atoms with Crippen molar-refractivity contribution in [2.24, 2.45) is 0 Å². The minimum Gasteiger partial charge on any atom is -0.373 e. The van der Waals surface area contributed by atoms with E-state index in [4.69, 9.17) is 0 Å². The maximum Gasteiger partial charge on any atom is 0.131 e. The average molecular weight is 246 g/mol. The predicted molar refractivity (Wildman–Crippen MR) is 71.8 cm³/mol. The SMILES string of the molecule is CNc1cc(NCCn2nc(C)cc2C)ncn1. The summed E-state index contributed by atoms with van der Waals surface area (Å²) in [7, 11) is 1.84. The molecule has 96 valence electrons. The fraction of sp³-hybridized carbons (Fsp3) is 0.417. The first-order chi connectivity index (χ1) is 8.69. The van der Waals surface area contributed by atoms with Crippen molar-refractivity contribution in [1.29, 1.82) is 0 Å². The van der Waals surface area contributed by atoms with Crippen molar-refractivity contribution in [2.45, 2.75) is 20.4 Å². The van der Waals surface area contributed by atoms with Crippen LogP contribution in [0.25, 0.3) is 0 Å². The Labute approximate surface area is 106 Å². The highest BCUT2D eigenvalue weighted by molar-refractivity contribution is 5.45. The highest BCUT2D eigenvalue weighted by atomic mass is 15.3. The molecule has 0 spiro atoms. The fourth-order valence-corrected chi connectivity index (χ4v) is 1.78. The third kappa shape index (κ3) is 2.97. The smallest absolute Gasteiger partial charge is 0.131 e. The number of aromatic nitrogens is 4. The summed E-state index contributed by atoms with van der Waals surface area (Å²) in [6.45, 7) is 5.66. The molecule has 6 nitrogen and oxygen atoms in total. The highest BCUT2D eigenvalue weighted by Gasteiger charge is 2.01. The molecule has 0 atom stereocenters. The molecule has 0 radical (unpaired) electrons. The van der Waals surface area contributed by atoms with E-state index in [2.05, 4.69) is 38.7 Å². The summed E-state index contributed by atoms with van der Waals surface area (Å²) in [5.41, 5.74) is 2.22. The monoisotopic (exact) mass is 246 g/mol. The number of hydrogen-bond acceptors (Lipinski definition) is 5. The molecule has 0 saturated heterocycles. The standard InChI is InChI=1S/C12H18N6/c1-9-6-10(2)18(17-9)5-4-14-12-7-11(13-3)15-8-16-12/h6-8H,4-5H2,1-3H3,(H2,13,14,15,16). The second-order valence-corrected chi connectivity index (χ2v) is 4.12. The zero-order valence-electron chi connectivity index (χ0n) is 10.9. The second kappa shape index (κ2) is 5.48. The molecule has 0 aliphatic heterocycles. The van der Waals surface area contributed by atoms with Crippen LogP contribution in [0.15, 0.2) is 18.5 Å². The molecule has 0 saturated carbocycles. The Morgan fingerprint density at radius 2 is 1.94 bits per heavy atom. The molecule has 0 amide bonds. The van der Waals surface area contributed by atoms with Crippen LogP contribution in [0.2, 0.25) is 0 Å². The molecule has 0 bridgehead atoms. The predicted octanol–water partition coefficient (Wildman–Crippen LogP) is 1.44. The van der Waals surface area contributed by atoms with E-state index in [1.807, 2.05) is 24.7 Å². The maximum absolute atomic E-state index is 4.41. The molecule has 18 heavy (non-hydrogen) atoms. The third-order valence-corrected chi connectivity index (χ3v) is 2.66. The first-order valence-electron chi connectivity index (χ1n) is 5.94. The number of rotatable bonds is 5. The van der Waals surface area contributed by atoms with Gasteiger partial charge in [0.05, 0.1) is 12.2 Å². The van der Waals surface area contributed by atoms with Crippen LogP contribution in [0, 0.1) is 13.8 Å². The van der Waals surface area contributed by atoms with Crippen LogP contribution < -0.4 is 10.6 Å². The van der Waals surface area contributed by atoms with Gasteiger partial charge in [-0.25, -0.2) is 9.97 Å². The van der Waals surface area contributed by atoms with E-state index in [1.54, 1.807) is 0 Å². The van der Waals surface area contributed by atoms with Crippen molar-refractivity contribution in [1.82, 2.24) is 19.7 Å². The summed E-state index contributed by atoms with van der Waals surface area (Å²) < 4.78 is 1.99. The van der Waals surface area contributed by atoms with E-state index < -0.39 is 0 Å². The normalized spacial score (nSPS) is 10.4. The van der Waals surface area contributed by atoms with Crippen LogP contribution in [0.5, 0.6) is 0 Å². The molecule has 2 aromatic heterocycles. The summed E-state index contributed by atoms with van der Waals surface area (Å²) in [6, 6.07) is 3.95. The summed E-state index contributed by atoms with van der Waals surface area (Å²) in [4.78, 5) is 8.22. The van der Waals surface area contributed by atoms with Gasteiger partial charge in [-0.05, 0) is 19.9 Å². The molecule has 0 unspecified atom stereocenters. The average Bonchev–Trinajstić information content (AvgIpc) is 2.68. The molecule has 2 N–H and O–H groups in total. The van der Waals surface area contributed by atoms with E-state index in [9.17, 15) is 0 Å². The van der Waals surface area contributed by atoms with Gasteiger partial charge in [0, 0.05) is 25.4 Å². The number of hydrogen-bond donors (Lipinski definition) is 2. The van der Waals surface area contributed by atoms with Crippen molar-refractivity contribution in [2.75, 3.05) is 24.2 Å². The van der Waals surface area contributed by atoms with E-state index in [0.717, 1.165) is 30.4 Å². The summed E-state index contributed by atoms with van der Waals surface area (Å²) in [6.07, 6.45) is 1.54. The van der Waals surface area contributed by atoms with Crippen molar-refractivity contribution >= 4 is 11.6 Å². The van der Waals surface area contributed by atoms with Crippen molar-refractivity contribution in [3.05, 3.63) is 29.8 Å². The lowest BCUT2D eigenvalue weighted by Crippen LogP contribution is -2.13. The van der Waals surface area contributed by atoms with Crippen molar-refractivity contribution < 1.29 is 0 Å². The number of nitrogens with zero attached hydrogens (tertiary/aromatic N) is 4. The first kappa shape index (κ1) is 12.3. The third-order valence-electron chi connectivity index (χ3n) is 2.66. The Balaban J connectivity index is 1.90. The number of aryl methyl sites for hydroxylation is 2. The zero-order chi connectivity index (χ0) is 13.0. The van der Waals surface area contributed by atoms with Gasteiger partial charge in [-0.15, -0.1) is 0 Å². The van der Waals surface area contributed by atoms with Gasteiger partial charge in [-0.1, -0.05) is 0 Å². The molecule has 0 aliphatic carbocycles. The molecule has 0 aromatic carbocycles. The Kier molecular flexibility index (Phi) is 3.76. The van der Waals surface area contributed by atoms with Gasteiger partial charge in [-0.2, -0.15) is 5.10 Å². The van der Waals surface area contributed by atoms with Crippen molar-refractivity contribution in [3.8, 4) is 0 Å². The molecule has 2 aromatic rings. The Morgan fingerprint density at radius 1 is 1.17 bits per heavy atom. The van der Waals surface area contributed by atoms with Gasteiger partial charge in [0.25, 0.3) is 0 Å². The van der Waals surface area contributed by atoms with E-state index in [1.165, 1.54) is 12.0 Å². The molecule has 0 aliphatic rings. The molecule has 6 heteroatoms. The van der Waals surface area contributed by atoms with E-state index in [0.29, 0.717) is 0 Å². The van der Waals surface area contributed by atoms with Gasteiger partial charge < -0.3 is 10.6 Å². The summed E-state index contributed by atoms with van der Waals surface area (Å²) in [5.74, 6) is 1.62. The van der Waals surface area contributed by atoms with Gasteiger partial charge in [0.2, 0.25) is 0 Å². The molecular formula is C12H18N6. The Hall–Kier alpha value is -2.11. The minimum atomic E-state index is 0.780. The van der Waals surface area contributed by atoms with Crippen molar-refractivity contribution in [3.63, 3.8) is 0 Å². The van der Waals surface area contributed by atoms with E-state index >= 15 is 0 Å². The molecule has 0 fully saturated rings. The Bertz CT molecular complexity index is 519.